The maximum Gasteiger partial charge on any atom is 0.258 e. The van der Waals surface area contributed by atoms with Crippen molar-refractivity contribution >= 4 is 44.1 Å². The van der Waals surface area contributed by atoms with Crippen LogP contribution in [0.4, 0.5) is 11.4 Å². The Kier molecular flexibility index (Phi) is 4.77. The monoisotopic (exact) mass is 397 g/mol. The van der Waals surface area contributed by atoms with E-state index in [0.717, 1.165) is 32.4 Å². The molecule has 0 saturated carbocycles. The molecule has 0 spiro atoms. The molecule has 0 saturated heterocycles. The van der Waals surface area contributed by atoms with Gasteiger partial charge in [-0.2, -0.15) is 0 Å². The van der Waals surface area contributed by atoms with Gasteiger partial charge in [0.1, 0.15) is 0 Å². The fourth-order valence-corrected chi connectivity index (χ4v) is 3.13. The lowest BCUT2D eigenvalue weighted by atomic mass is 10.1. The molecule has 1 aromatic heterocycles. The van der Waals surface area contributed by atoms with E-state index in [2.05, 4.69) is 20.9 Å². The van der Waals surface area contributed by atoms with E-state index in [1.165, 1.54) is 0 Å². The third-order valence-corrected chi connectivity index (χ3v) is 4.68. The van der Waals surface area contributed by atoms with E-state index >= 15 is 0 Å². The van der Waals surface area contributed by atoms with E-state index in [4.69, 9.17) is 0 Å². The van der Waals surface area contributed by atoms with Crippen molar-refractivity contribution in [3.8, 4) is 0 Å². The number of pyridine rings is 1. The van der Waals surface area contributed by atoms with E-state index in [0.29, 0.717) is 5.56 Å². The summed E-state index contributed by atoms with van der Waals surface area (Å²) in [6, 6.07) is 15.6. The summed E-state index contributed by atoms with van der Waals surface area (Å²) in [5.41, 5.74) is 4.25. The van der Waals surface area contributed by atoms with E-state index in [1.54, 1.807) is 11.9 Å². The number of aryl methyl sites for hydroxylation is 1. The Morgan fingerprint density at radius 1 is 0.960 bits per heavy atom. The van der Waals surface area contributed by atoms with Crippen LogP contribution >= 0.6 is 15.9 Å². The van der Waals surface area contributed by atoms with Crippen LogP contribution < -0.4 is 9.80 Å². The average Bonchev–Trinajstić information content (AvgIpc) is 2.59. The predicted octanol–water partition coefficient (Wildman–Crippen LogP) is 4.65. The number of hydrogen-bond donors (Lipinski definition) is 0. The van der Waals surface area contributed by atoms with Gasteiger partial charge < -0.3 is 9.80 Å². The number of aromatic nitrogens is 1. The van der Waals surface area contributed by atoms with Gasteiger partial charge in [0.2, 0.25) is 0 Å². The second kappa shape index (κ2) is 6.84. The summed E-state index contributed by atoms with van der Waals surface area (Å²) in [4.78, 5) is 21.3. The van der Waals surface area contributed by atoms with Crippen molar-refractivity contribution in [1.82, 2.24) is 4.98 Å². The Bertz CT molecular complexity index is 930. The number of carbonyl (C=O) groups is 1. The van der Waals surface area contributed by atoms with Crippen molar-refractivity contribution in [1.29, 1.82) is 0 Å². The minimum absolute atomic E-state index is 0.0459. The van der Waals surface area contributed by atoms with Crippen molar-refractivity contribution in [2.24, 2.45) is 0 Å². The first-order chi connectivity index (χ1) is 11.9. The summed E-state index contributed by atoms with van der Waals surface area (Å²) in [7, 11) is 5.79. The first kappa shape index (κ1) is 17.4. The highest BCUT2D eigenvalue weighted by Crippen LogP contribution is 2.26. The molecule has 3 rings (SSSR count). The summed E-state index contributed by atoms with van der Waals surface area (Å²) in [5.74, 6) is -0.0459. The van der Waals surface area contributed by atoms with Gasteiger partial charge in [-0.05, 0) is 49.4 Å². The molecule has 0 N–H and O–H groups in total. The molecule has 4 nitrogen and oxygen atoms in total. The zero-order chi connectivity index (χ0) is 18.1. The number of nitrogens with zero attached hydrogens (tertiary/aromatic N) is 3. The van der Waals surface area contributed by atoms with Gasteiger partial charge >= 0.3 is 0 Å². The average molecular weight is 398 g/mol. The molecule has 0 aliphatic rings. The van der Waals surface area contributed by atoms with Gasteiger partial charge in [-0.15, -0.1) is 0 Å². The normalized spacial score (nSPS) is 10.8. The highest BCUT2D eigenvalue weighted by atomic mass is 79.9. The Labute approximate surface area is 156 Å². The fourth-order valence-electron chi connectivity index (χ4n) is 2.78. The van der Waals surface area contributed by atoms with Crippen LogP contribution in [0.5, 0.6) is 0 Å². The van der Waals surface area contributed by atoms with Crippen LogP contribution in [0.1, 0.15) is 16.1 Å². The van der Waals surface area contributed by atoms with E-state index in [9.17, 15) is 4.79 Å². The maximum atomic E-state index is 13.1. The van der Waals surface area contributed by atoms with Crippen LogP contribution in [0.2, 0.25) is 0 Å². The molecule has 0 bridgehead atoms. The molecule has 0 atom stereocenters. The molecule has 0 unspecified atom stereocenters. The molecule has 3 aromatic rings. The third kappa shape index (κ3) is 3.51. The van der Waals surface area contributed by atoms with Gasteiger partial charge in [-0.25, -0.2) is 0 Å². The molecular formula is C20H20BrN3O. The van der Waals surface area contributed by atoms with Crippen LogP contribution in [0.25, 0.3) is 10.9 Å². The lowest BCUT2D eigenvalue weighted by Gasteiger charge is -2.20. The first-order valence-corrected chi connectivity index (χ1v) is 8.78. The summed E-state index contributed by atoms with van der Waals surface area (Å²) in [6.07, 6.45) is 0. The number of benzene rings is 2. The topological polar surface area (TPSA) is 36.4 Å². The lowest BCUT2D eigenvalue weighted by molar-refractivity contribution is 0.0994. The quantitative estimate of drug-likeness (QED) is 0.645. The van der Waals surface area contributed by atoms with Crippen molar-refractivity contribution in [3.05, 3.63) is 64.3 Å². The van der Waals surface area contributed by atoms with Gasteiger partial charge in [0, 0.05) is 48.1 Å². The van der Waals surface area contributed by atoms with Crippen LogP contribution in [-0.2, 0) is 0 Å². The number of amides is 1. The zero-order valence-corrected chi connectivity index (χ0v) is 16.3. The van der Waals surface area contributed by atoms with Crippen molar-refractivity contribution in [2.45, 2.75) is 6.92 Å². The number of halogens is 1. The molecule has 1 amide bonds. The molecule has 25 heavy (non-hydrogen) atoms. The van der Waals surface area contributed by atoms with E-state index in [1.807, 2.05) is 74.4 Å². The van der Waals surface area contributed by atoms with E-state index in [-0.39, 0.29) is 5.91 Å². The SMILES string of the molecule is Cc1cc(C(=O)N(C)c2ccc(N(C)C)cc2)c2ccc(Br)cc2n1. The van der Waals surface area contributed by atoms with Gasteiger partial charge in [-0.1, -0.05) is 22.0 Å². The highest BCUT2D eigenvalue weighted by Gasteiger charge is 2.17. The number of hydrogen-bond acceptors (Lipinski definition) is 3. The first-order valence-electron chi connectivity index (χ1n) is 7.99. The maximum absolute atomic E-state index is 13.1. The predicted molar refractivity (Wildman–Crippen MR) is 108 cm³/mol. The summed E-state index contributed by atoms with van der Waals surface area (Å²) < 4.78 is 0.948. The smallest absolute Gasteiger partial charge is 0.258 e. The summed E-state index contributed by atoms with van der Waals surface area (Å²) >= 11 is 3.46. The van der Waals surface area contributed by atoms with Gasteiger partial charge in [0.05, 0.1) is 11.1 Å². The number of anilines is 2. The standard InChI is InChI=1S/C20H20BrN3O/c1-13-11-18(17-10-5-14(21)12-19(17)22-13)20(25)24(4)16-8-6-15(7-9-16)23(2)3/h5-12H,1-4H3. The van der Waals surface area contributed by atoms with Gasteiger partial charge in [0.15, 0.2) is 0 Å². The Balaban J connectivity index is 2.01. The minimum Gasteiger partial charge on any atom is -0.378 e. The molecule has 5 heteroatoms. The number of fused-ring (bicyclic) bond motifs is 1. The Morgan fingerprint density at radius 3 is 2.24 bits per heavy atom. The molecule has 0 aliphatic carbocycles. The number of carbonyl (C=O) groups excluding carboxylic acids is 1. The van der Waals surface area contributed by atoms with Crippen LogP contribution in [-0.4, -0.2) is 32.0 Å². The van der Waals surface area contributed by atoms with E-state index < -0.39 is 0 Å². The molecule has 0 radical (unpaired) electrons. The second-order valence-corrected chi connectivity index (χ2v) is 7.16. The number of rotatable bonds is 3. The summed E-state index contributed by atoms with van der Waals surface area (Å²) in [5, 5.41) is 0.857. The molecule has 1 heterocycles. The molecular weight excluding hydrogens is 378 g/mol. The molecule has 2 aromatic carbocycles. The highest BCUT2D eigenvalue weighted by molar-refractivity contribution is 9.10. The van der Waals surface area contributed by atoms with Crippen molar-refractivity contribution in [2.75, 3.05) is 30.9 Å². The van der Waals surface area contributed by atoms with Crippen LogP contribution in [0.3, 0.4) is 0 Å². The lowest BCUT2D eigenvalue weighted by Crippen LogP contribution is -2.26. The van der Waals surface area contributed by atoms with Gasteiger partial charge in [0.25, 0.3) is 5.91 Å². The third-order valence-electron chi connectivity index (χ3n) is 4.19. The van der Waals surface area contributed by atoms with Crippen LogP contribution in [0.15, 0.2) is 53.0 Å². The van der Waals surface area contributed by atoms with Gasteiger partial charge in [-0.3, -0.25) is 9.78 Å². The van der Waals surface area contributed by atoms with Crippen LogP contribution in [0, 0.1) is 6.92 Å². The van der Waals surface area contributed by atoms with Crippen molar-refractivity contribution in [3.63, 3.8) is 0 Å². The molecule has 0 aliphatic heterocycles. The summed E-state index contributed by atoms with van der Waals surface area (Å²) in [6.45, 7) is 1.91. The minimum atomic E-state index is -0.0459. The molecule has 0 fully saturated rings. The largest absolute Gasteiger partial charge is 0.378 e. The zero-order valence-electron chi connectivity index (χ0n) is 14.7. The Hall–Kier alpha value is -2.40. The molecule has 128 valence electrons. The fraction of sp³-hybridized carbons (Fsp3) is 0.200. The second-order valence-electron chi connectivity index (χ2n) is 6.25. The Morgan fingerprint density at radius 2 is 1.60 bits per heavy atom. The van der Waals surface area contributed by atoms with Crippen molar-refractivity contribution < 1.29 is 4.79 Å².